The maximum atomic E-state index is 10.1. The van der Waals surface area contributed by atoms with Crippen molar-refractivity contribution in [1.29, 1.82) is 0 Å². The second kappa shape index (κ2) is 5.00. The van der Waals surface area contributed by atoms with Gasteiger partial charge in [0, 0.05) is 9.50 Å². The van der Waals surface area contributed by atoms with Crippen molar-refractivity contribution in [2.24, 2.45) is 0 Å². The molecule has 3 heteroatoms. The van der Waals surface area contributed by atoms with Crippen molar-refractivity contribution in [3.05, 3.63) is 69.2 Å². The largest absolute Gasteiger partial charge is 0.384 e. The van der Waals surface area contributed by atoms with Crippen molar-refractivity contribution in [2.75, 3.05) is 0 Å². The van der Waals surface area contributed by atoms with Crippen molar-refractivity contribution < 1.29 is 5.11 Å². The van der Waals surface area contributed by atoms with Crippen LogP contribution in [0.15, 0.2) is 53.0 Å². The Kier molecular flexibility index (Phi) is 3.64. The van der Waals surface area contributed by atoms with E-state index in [0.717, 1.165) is 15.6 Å². The van der Waals surface area contributed by atoms with Crippen LogP contribution in [0.25, 0.3) is 0 Å². The van der Waals surface area contributed by atoms with Gasteiger partial charge in [0.25, 0.3) is 0 Å². The summed E-state index contributed by atoms with van der Waals surface area (Å²) in [5.41, 5.74) is 1.71. The quantitative estimate of drug-likeness (QED) is 0.881. The van der Waals surface area contributed by atoms with Crippen LogP contribution in [0.4, 0.5) is 0 Å². The highest BCUT2D eigenvalue weighted by Gasteiger charge is 2.09. The number of halogens is 2. The maximum Gasteiger partial charge on any atom is 0.104 e. The molecule has 0 aromatic heterocycles. The third-order valence-electron chi connectivity index (χ3n) is 2.37. The van der Waals surface area contributed by atoms with Gasteiger partial charge in [-0.05, 0) is 35.4 Å². The first kappa shape index (κ1) is 11.6. The lowest BCUT2D eigenvalue weighted by Crippen LogP contribution is -1.98. The van der Waals surface area contributed by atoms with Gasteiger partial charge in [0.2, 0.25) is 0 Å². The molecule has 0 aliphatic rings. The van der Waals surface area contributed by atoms with Crippen LogP contribution in [0.2, 0.25) is 5.02 Å². The van der Waals surface area contributed by atoms with Gasteiger partial charge in [0.05, 0.1) is 0 Å². The summed E-state index contributed by atoms with van der Waals surface area (Å²) < 4.78 is 1.000. The summed E-state index contributed by atoms with van der Waals surface area (Å²) in [5.74, 6) is 0. The lowest BCUT2D eigenvalue weighted by atomic mass is 10.0. The van der Waals surface area contributed by atoms with E-state index in [1.54, 1.807) is 12.1 Å². The van der Waals surface area contributed by atoms with E-state index in [9.17, 15) is 5.11 Å². The molecule has 0 saturated heterocycles. The number of aliphatic hydroxyl groups is 1. The van der Waals surface area contributed by atoms with E-state index in [4.69, 9.17) is 11.6 Å². The Balaban J connectivity index is 2.28. The Labute approximate surface area is 108 Å². The van der Waals surface area contributed by atoms with E-state index in [1.807, 2.05) is 36.4 Å². The second-order valence-corrected chi connectivity index (χ2v) is 4.86. The molecule has 0 spiro atoms. The number of aliphatic hydroxyl groups excluding tert-OH is 1. The van der Waals surface area contributed by atoms with E-state index < -0.39 is 6.10 Å². The molecule has 0 aliphatic heterocycles. The molecule has 2 rings (SSSR count). The lowest BCUT2D eigenvalue weighted by Gasteiger charge is -2.11. The van der Waals surface area contributed by atoms with Gasteiger partial charge in [0.15, 0.2) is 0 Å². The zero-order valence-corrected chi connectivity index (χ0v) is 10.7. The molecule has 0 radical (unpaired) electrons. The first-order chi connectivity index (χ1) is 7.66. The van der Waals surface area contributed by atoms with Gasteiger partial charge in [0.1, 0.15) is 6.10 Å². The maximum absolute atomic E-state index is 10.1. The van der Waals surface area contributed by atoms with Crippen LogP contribution in [0.1, 0.15) is 17.2 Å². The van der Waals surface area contributed by atoms with E-state index >= 15 is 0 Å². The van der Waals surface area contributed by atoms with Crippen LogP contribution < -0.4 is 0 Å². The topological polar surface area (TPSA) is 20.2 Å². The van der Waals surface area contributed by atoms with E-state index in [-0.39, 0.29) is 0 Å². The van der Waals surface area contributed by atoms with Crippen molar-refractivity contribution in [3.63, 3.8) is 0 Å². The summed E-state index contributed by atoms with van der Waals surface area (Å²) in [7, 11) is 0. The average Bonchev–Trinajstić information content (AvgIpc) is 2.30. The predicted octanol–water partition coefficient (Wildman–Crippen LogP) is 4.18. The fourth-order valence-electron chi connectivity index (χ4n) is 1.48. The van der Waals surface area contributed by atoms with Gasteiger partial charge < -0.3 is 5.11 Å². The summed E-state index contributed by atoms with van der Waals surface area (Å²) in [6.07, 6.45) is -0.606. The molecule has 0 bridgehead atoms. The SMILES string of the molecule is O[C@H](c1ccc(Cl)cc1)c1ccc(Br)cc1. The molecule has 2 aromatic carbocycles. The molecule has 1 atom stereocenters. The Morgan fingerprint density at radius 1 is 0.875 bits per heavy atom. The van der Waals surface area contributed by atoms with Crippen LogP contribution in [-0.4, -0.2) is 5.11 Å². The summed E-state index contributed by atoms with van der Waals surface area (Å²) >= 11 is 9.16. The standard InChI is InChI=1S/C13H10BrClO/c14-11-5-1-9(2-6-11)13(16)10-3-7-12(15)8-4-10/h1-8,13,16H/t13-/m0/s1. The molecule has 0 amide bonds. The molecule has 0 unspecified atom stereocenters. The summed E-state index contributed by atoms with van der Waals surface area (Å²) in [4.78, 5) is 0. The highest BCUT2D eigenvalue weighted by molar-refractivity contribution is 9.10. The fraction of sp³-hybridized carbons (Fsp3) is 0.0769. The number of benzene rings is 2. The van der Waals surface area contributed by atoms with Gasteiger partial charge in [-0.1, -0.05) is 51.8 Å². The monoisotopic (exact) mass is 296 g/mol. The molecular formula is C13H10BrClO. The van der Waals surface area contributed by atoms with Crippen molar-refractivity contribution in [3.8, 4) is 0 Å². The molecule has 0 saturated carbocycles. The summed E-state index contributed by atoms with van der Waals surface area (Å²) in [6, 6.07) is 14.8. The van der Waals surface area contributed by atoms with Crippen LogP contribution in [0, 0.1) is 0 Å². The molecule has 16 heavy (non-hydrogen) atoms. The van der Waals surface area contributed by atoms with E-state index in [1.165, 1.54) is 0 Å². The van der Waals surface area contributed by atoms with Gasteiger partial charge in [-0.3, -0.25) is 0 Å². The molecule has 2 aromatic rings. The van der Waals surface area contributed by atoms with Gasteiger partial charge in [-0.2, -0.15) is 0 Å². The number of rotatable bonds is 2. The average molecular weight is 298 g/mol. The van der Waals surface area contributed by atoms with Gasteiger partial charge >= 0.3 is 0 Å². The fourth-order valence-corrected chi connectivity index (χ4v) is 1.87. The molecule has 1 nitrogen and oxygen atoms in total. The lowest BCUT2D eigenvalue weighted by molar-refractivity contribution is 0.220. The normalized spacial score (nSPS) is 12.4. The van der Waals surface area contributed by atoms with Crippen LogP contribution >= 0.6 is 27.5 Å². The third kappa shape index (κ3) is 2.64. The Morgan fingerprint density at radius 2 is 1.31 bits per heavy atom. The number of hydrogen-bond acceptors (Lipinski definition) is 1. The van der Waals surface area contributed by atoms with Gasteiger partial charge in [-0.15, -0.1) is 0 Å². The summed E-state index contributed by atoms with van der Waals surface area (Å²) in [5, 5.41) is 10.8. The molecule has 1 N–H and O–H groups in total. The van der Waals surface area contributed by atoms with Crippen molar-refractivity contribution in [2.45, 2.75) is 6.10 Å². The summed E-state index contributed by atoms with van der Waals surface area (Å²) in [6.45, 7) is 0. The minimum atomic E-state index is -0.606. The van der Waals surface area contributed by atoms with Crippen LogP contribution in [-0.2, 0) is 0 Å². The highest BCUT2D eigenvalue weighted by Crippen LogP contribution is 2.24. The second-order valence-electron chi connectivity index (χ2n) is 3.51. The van der Waals surface area contributed by atoms with E-state index in [2.05, 4.69) is 15.9 Å². The highest BCUT2D eigenvalue weighted by atomic mass is 79.9. The minimum Gasteiger partial charge on any atom is -0.384 e. The Bertz CT molecular complexity index is 419. The third-order valence-corrected chi connectivity index (χ3v) is 3.15. The molecule has 82 valence electrons. The first-order valence-corrected chi connectivity index (χ1v) is 6.03. The van der Waals surface area contributed by atoms with Gasteiger partial charge in [-0.25, -0.2) is 0 Å². The molecule has 0 aliphatic carbocycles. The number of hydrogen-bond donors (Lipinski definition) is 1. The molecule has 0 heterocycles. The van der Waals surface area contributed by atoms with Crippen LogP contribution in [0.3, 0.4) is 0 Å². The van der Waals surface area contributed by atoms with Crippen molar-refractivity contribution >= 4 is 27.5 Å². The Hall–Kier alpha value is -0.830. The molecule has 0 fully saturated rings. The van der Waals surface area contributed by atoms with E-state index in [0.29, 0.717) is 5.02 Å². The van der Waals surface area contributed by atoms with Crippen molar-refractivity contribution in [1.82, 2.24) is 0 Å². The van der Waals surface area contributed by atoms with Crippen LogP contribution in [0.5, 0.6) is 0 Å². The predicted molar refractivity (Wildman–Crippen MR) is 69.7 cm³/mol. The zero-order chi connectivity index (χ0) is 11.5. The zero-order valence-electron chi connectivity index (χ0n) is 8.40. The first-order valence-electron chi connectivity index (χ1n) is 4.86. The smallest absolute Gasteiger partial charge is 0.104 e. The minimum absolute atomic E-state index is 0.606. The Morgan fingerprint density at radius 3 is 1.81 bits per heavy atom. The molecular weight excluding hydrogens is 287 g/mol.